The molecule has 9 nitrogen and oxygen atoms in total. The molecule has 36 heavy (non-hydrogen) atoms. The van der Waals surface area contributed by atoms with Gasteiger partial charge in [-0.1, -0.05) is 26.0 Å². The summed E-state index contributed by atoms with van der Waals surface area (Å²) in [5.41, 5.74) is 3.36. The quantitative estimate of drug-likeness (QED) is 0.497. The lowest BCUT2D eigenvalue weighted by atomic mass is 9.98. The van der Waals surface area contributed by atoms with Crippen molar-refractivity contribution >= 4 is 5.91 Å². The topological polar surface area (TPSA) is 102 Å². The van der Waals surface area contributed by atoms with Gasteiger partial charge in [0.1, 0.15) is 11.5 Å². The maximum Gasteiger partial charge on any atom is 0.289 e. The maximum absolute atomic E-state index is 13.1. The van der Waals surface area contributed by atoms with E-state index in [-0.39, 0.29) is 29.4 Å². The molecule has 1 saturated carbocycles. The Morgan fingerprint density at radius 1 is 1.17 bits per heavy atom. The van der Waals surface area contributed by atoms with Gasteiger partial charge in [0.15, 0.2) is 5.82 Å². The van der Waals surface area contributed by atoms with E-state index in [0.29, 0.717) is 17.1 Å². The average Bonchev–Trinajstić information content (AvgIpc) is 3.59. The van der Waals surface area contributed by atoms with Crippen LogP contribution in [-0.2, 0) is 11.3 Å². The summed E-state index contributed by atoms with van der Waals surface area (Å²) in [7, 11) is 1.58. The first-order chi connectivity index (χ1) is 17.4. The molecule has 1 saturated heterocycles. The standard InChI is InChI=1S/C27H33N5O4/c1-17(2)21-14-22(23(33)15-24(21)35-3)25-29-30-26(27(34)28-19-6-7-19)32(25)20-8-4-18(5-9-20)16-31-10-12-36-13-11-31/h4-5,8-9,14-15,17,19,33H,6-7,10-13,16H2,1-3H3,(H,28,34). The minimum absolute atomic E-state index is 0.0167. The molecule has 0 unspecified atom stereocenters. The van der Waals surface area contributed by atoms with Crippen LogP contribution in [0.5, 0.6) is 11.5 Å². The Morgan fingerprint density at radius 2 is 1.89 bits per heavy atom. The lowest BCUT2D eigenvalue weighted by molar-refractivity contribution is 0.0342. The second-order valence-corrected chi connectivity index (χ2v) is 9.75. The van der Waals surface area contributed by atoms with E-state index in [4.69, 9.17) is 9.47 Å². The molecule has 0 bridgehead atoms. The number of phenolic OH excluding ortho intramolecular Hbond substituents is 1. The van der Waals surface area contributed by atoms with E-state index in [1.54, 1.807) is 17.7 Å². The van der Waals surface area contributed by atoms with E-state index in [1.165, 1.54) is 5.56 Å². The van der Waals surface area contributed by atoms with Gasteiger partial charge < -0.3 is 19.9 Å². The highest BCUT2D eigenvalue weighted by molar-refractivity contribution is 5.92. The third kappa shape index (κ3) is 5.08. The summed E-state index contributed by atoms with van der Waals surface area (Å²) in [6.45, 7) is 8.30. The van der Waals surface area contributed by atoms with Crippen LogP contribution in [-0.4, -0.2) is 70.1 Å². The number of amides is 1. The molecule has 5 rings (SSSR count). The summed E-state index contributed by atoms with van der Waals surface area (Å²) >= 11 is 0. The summed E-state index contributed by atoms with van der Waals surface area (Å²) in [6.07, 6.45) is 1.94. The molecule has 2 aliphatic rings. The van der Waals surface area contributed by atoms with E-state index in [9.17, 15) is 9.90 Å². The summed E-state index contributed by atoms with van der Waals surface area (Å²) in [4.78, 5) is 15.4. The van der Waals surface area contributed by atoms with Crippen LogP contribution in [0.4, 0.5) is 0 Å². The molecule has 2 N–H and O–H groups in total. The van der Waals surface area contributed by atoms with Gasteiger partial charge in [0, 0.05) is 37.4 Å². The van der Waals surface area contributed by atoms with Crippen molar-refractivity contribution in [2.75, 3.05) is 33.4 Å². The van der Waals surface area contributed by atoms with Crippen LogP contribution >= 0.6 is 0 Å². The van der Waals surface area contributed by atoms with Crippen molar-refractivity contribution in [3.63, 3.8) is 0 Å². The van der Waals surface area contributed by atoms with Crippen molar-refractivity contribution < 1.29 is 19.4 Å². The highest BCUT2D eigenvalue weighted by atomic mass is 16.5. The van der Waals surface area contributed by atoms with Gasteiger partial charge in [-0.3, -0.25) is 14.3 Å². The van der Waals surface area contributed by atoms with E-state index < -0.39 is 0 Å². The van der Waals surface area contributed by atoms with Gasteiger partial charge in [-0.25, -0.2) is 0 Å². The van der Waals surface area contributed by atoms with Crippen LogP contribution < -0.4 is 10.1 Å². The number of benzene rings is 2. The minimum atomic E-state index is -0.272. The molecule has 1 amide bonds. The predicted molar refractivity (Wildman–Crippen MR) is 136 cm³/mol. The molecule has 190 valence electrons. The molecule has 1 aliphatic carbocycles. The number of methoxy groups -OCH3 is 1. The van der Waals surface area contributed by atoms with Crippen LogP contribution in [0, 0.1) is 0 Å². The maximum atomic E-state index is 13.1. The number of ether oxygens (including phenoxy) is 2. The van der Waals surface area contributed by atoms with Crippen molar-refractivity contribution in [2.45, 2.75) is 45.2 Å². The smallest absolute Gasteiger partial charge is 0.289 e. The van der Waals surface area contributed by atoms with Gasteiger partial charge >= 0.3 is 0 Å². The van der Waals surface area contributed by atoms with Crippen molar-refractivity contribution in [1.82, 2.24) is 25.0 Å². The molecule has 0 spiro atoms. The third-order valence-electron chi connectivity index (χ3n) is 6.69. The number of aromatic hydroxyl groups is 1. The molecule has 1 aromatic heterocycles. The lowest BCUT2D eigenvalue weighted by Crippen LogP contribution is -2.35. The molecule has 0 radical (unpaired) electrons. The van der Waals surface area contributed by atoms with E-state index >= 15 is 0 Å². The molecular weight excluding hydrogens is 458 g/mol. The van der Waals surface area contributed by atoms with Crippen LogP contribution in [0.2, 0.25) is 0 Å². The number of nitrogens with zero attached hydrogens (tertiary/aromatic N) is 4. The summed E-state index contributed by atoms with van der Waals surface area (Å²) in [5.74, 6) is 1.11. The molecule has 9 heteroatoms. The number of phenols is 1. The van der Waals surface area contributed by atoms with Crippen molar-refractivity contribution in [3.8, 4) is 28.6 Å². The largest absolute Gasteiger partial charge is 0.507 e. The van der Waals surface area contributed by atoms with Crippen LogP contribution in [0.15, 0.2) is 36.4 Å². The minimum Gasteiger partial charge on any atom is -0.507 e. The SMILES string of the molecule is COc1cc(O)c(-c2nnc(C(=O)NC3CC3)n2-c2ccc(CN3CCOCC3)cc2)cc1C(C)C. The molecule has 0 atom stereocenters. The Balaban J connectivity index is 1.55. The number of rotatable bonds is 8. The Morgan fingerprint density at radius 3 is 2.53 bits per heavy atom. The Bertz CT molecular complexity index is 1230. The van der Waals surface area contributed by atoms with E-state index in [2.05, 4.69) is 46.4 Å². The number of hydrogen-bond donors (Lipinski definition) is 2. The molecule has 2 heterocycles. The molecular formula is C27H33N5O4. The second-order valence-electron chi connectivity index (χ2n) is 9.75. The summed E-state index contributed by atoms with van der Waals surface area (Å²) in [6, 6.07) is 11.7. The molecule has 1 aliphatic heterocycles. The average molecular weight is 492 g/mol. The van der Waals surface area contributed by atoms with Crippen molar-refractivity contribution in [3.05, 3.63) is 53.3 Å². The van der Waals surface area contributed by atoms with Gasteiger partial charge in [-0.15, -0.1) is 10.2 Å². The van der Waals surface area contributed by atoms with Gasteiger partial charge in [0.05, 0.1) is 25.9 Å². The van der Waals surface area contributed by atoms with Gasteiger partial charge in [-0.2, -0.15) is 0 Å². The highest BCUT2D eigenvalue weighted by Crippen LogP contribution is 2.38. The zero-order valence-corrected chi connectivity index (χ0v) is 21.0. The molecule has 2 fully saturated rings. The number of aromatic nitrogens is 3. The van der Waals surface area contributed by atoms with Gasteiger partial charge in [-0.05, 0) is 48.1 Å². The highest BCUT2D eigenvalue weighted by Gasteiger charge is 2.29. The monoisotopic (exact) mass is 491 g/mol. The molecule has 2 aromatic carbocycles. The summed E-state index contributed by atoms with van der Waals surface area (Å²) < 4.78 is 12.7. The van der Waals surface area contributed by atoms with Crippen LogP contribution in [0.25, 0.3) is 17.1 Å². The van der Waals surface area contributed by atoms with Gasteiger partial charge in [0.2, 0.25) is 5.82 Å². The number of carbonyl (C=O) groups excluding carboxylic acids is 1. The second kappa shape index (κ2) is 10.3. The fraction of sp³-hybridized carbons (Fsp3) is 0.444. The van der Waals surface area contributed by atoms with Crippen molar-refractivity contribution in [1.29, 1.82) is 0 Å². The van der Waals surface area contributed by atoms with Crippen LogP contribution in [0.3, 0.4) is 0 Å². The fourth-order valence-electron chi connectivity index (χ4n) is 4.49. The number of carbonyl (C=O) groups is 1. The van der Waals surface area contributed by atoms with E-state index in [1.807, 2.05) is 18.2 Å². The Labute approximate surface area is 211 Å². The predicted octanol–water partition coefficient (Wildman–Crippen LogP) is 3.50. The van der Waals surface area contributed by atoms with Crippen LogP contribution in [0.1, 0.15) is 54.4 Å². The third-order valence-corrected chi connectivity index (χ3v) is 6.69. The van der Waals surface area contributed by atoms with Crippen molar-refractivity contribution in [2.24, 2.45) is 0 Å². The first-order valence-electron chi connectivity index (χ1n) is 12.5. The molecule has 3 aromatic rings. The fourth-order valence-corrected chi connectivity index (χ4v) is 4.49. The first-order valence-corrected chi connectivity index (χ1v) is 12.5. The number of nitrogens with one attached hydrogen (secondary N) is 1. The zero-order valence-electron chi connectivity index (χ0n) is 21.0. The normalized spacial score (nSPS) is 16.3. The van der Waals surface area contributed by atoms with E-state index in [0.717, 1.165) is 56.9 Å². The Kier molecular flexibility index (Phi) is 6.93. The van der Waals surface area contributed by atoms with Gasteiger partial charge in [0.25, 0.3) is 5.91 Å². The first kappa shape index (κ1) is 24.3. The lowest BCUT2D eigenvalue weighted by Gasteiger charge is -2.26. The number of morpholine rings is 1. The summed E-state index contributed by atoms with van der Waals surface area (Å²) in [5, 5.41) is 22.5. The Hall–Kier alpha value is -3.43. The zero-order chi connectivity index (χ0) is 25.2. The number of hydrogen-bond acceptors (Lipinski definition) is 7.